The molecule has 0 fully saturated rings. The molecule has 0 aliphatic rings. The Bertz CT molecular complexity index is 735. The molecule has 96 valence electrons. The molecular formula is C14H9Cl3N2. The van der Waals surface area contributed by atoms with Crippen molar-refractivity contribution in [2.45, 2.75) is 0 Å². The minimum Gasteiger partial charge on any atom is -0.352 e. The van der Waals surface area contributed by atoms with Crippen LogP contribution in [-0.4, -0.2) is 4.98 Å². The van der Waals surface area contributed by atoms with Gasteiger partial charge in [-0.25, -0.2) is 0 Å². The van der Waals surface area contributed by atoms with Crippen LogP contribution in [0.3, 0.4) is 0 Å². The summed E-state index contributed by atoms with van der Waals surface area (Å²) < 4.78 is 0. The number of anilines is 2. The number of rotatable bonds is 2. The van der Waals surface area contributed by atoms with Crippen molar-refractivity contribution in [3.63, 3.8) is 0 Å². The zero-order chi connectivity index (χ0) is 13.4. The first-order chi connectivity index (χ1) is 9.15. The summed E-state index contributed by atoms with van der Waals surface area (Å²) in [5.74, 6) is 0. The Labute approximate surface area is 125 Å². The highest BCUT2D eigenvalue weighted by Crippen LogP contribution is 2.39. The van der Waals surface area contributed by atoms with E-state index < -0.39 is 0 Å². The van der Waals surface area contributed by atoms with Crippen LogP contribution in [0.5, 0.6) is 0 Å². The second-order valence-corrected chi connectivity index (χ2v) is 5.34. The summed E-state index contributed by atoms with van der Waals surface area (Å²) in [5.41, 5.74) is 2.50. The molecule has 2 nitrogen and oxygen atoms in total. The van der Waals surface area contributed by atoms with Crippen LogP contribution >= 0.6 is 34.8 Å². The lowest BCUT2D eigenvalue weighted by molar-refractivity contribution is 1.46. The Balaban J connectivity index is 2.16. The standard InChI is InChI=1S/C14H9Cl3N2/c15-8-6-10(16)12-11(7-8)19-14(17)13(12)18-9-4-2-1-3-5-9/h1-7,18-19H. The van der Waals surface area contributed by atoms with Crippen LogP contribution in [0, 0.1) is 0 Å². The van der Waals surface area contributed by atoms with Crippen LogP contribution in [0.4, 0.5) is 11.4 Å². The van der Waals surface area contributed by atoms with Gasteiger partial charge in [0.05, 0.1) is 16.2 Å². The third-order valence-electron chi connectivity index (χ3n) is 2.81. The maximum atomic E-state index is 6.24. The first kappa shape index (κ1) is 12.7. The third-order valence-corrected chi connectivity index (χ3v) is 3.61. The molecule has 0 saturated carbocycles. The predicted octanol–water partition coefficient (Wildman–Crippen LogP) is 5.87. The number of H-pyrrole nitrogens is 1. The van der Waals surface area contributed by atoms with Crippen molar-refractivity contribution in [1.29, 1.82) is 0 Å². The molecule has 2 N–H and O–H groups in total. The lowest BCUT2D eigenvalue weighted by Gasteiger charge is -2.06. The number of aromatic nitrogens is 1. The van der Waals surface area contributed by atoms with E-state index in [0.717, 1.165) is 22.3 Å². The summed E-state index contributed by atoms with van der Waals surface area (Å²) in [5, 5.41) is 5.73. The number of hydrogen-bond acceptors (Lipinski definition) is 1. The number of hydrogen-bond donors (Lipinski definition) is 2. The maximum absolute atomic E-state index is 6.24. The van der Waals surface area contributed by atoms with Gasteiger partial charge in [-0.1, -0.05) is 53.0 Å². The van der Waals surface area contributed by atoms with Gasteiger partial charge < -0.3 is 10.3 Å². The second-order valence-electron chi connectivity index (χ2n) is 4.12. The summed E-state index contributed by atoms with van der Waals surface area (Å²) in [4.78, 5) is 3.06. The van der Waals surface area contributed by atoms with Crippen LogP contribution in [0.2, 0.25) is 15.2 Å². The Hall–Kier alpha value is -1.35. The van der Waals surface area contributed by atoms with E-state index in [-0.39, 0.29) is 0 Å². The van der Waals surface area contributed by atoms with Crippen LogP contribution < -0.4 is 5.32 Å². The molecule has 0 aliphatic carbocycles. The van der Waals surface area contributed by atoms with Gasteiger partial charge in [0.2, 0.25) is 0 Å². The molecule has 19 heavy (non-hydrogen) atoms. The minimum atomic E-state index is 0.503. The Morgan fingerprint density at radius 1 is 0.947 bits per heavy atom. The van der Waals surface area contributed by atoms with Crippen molar-refractivity contribution in [1.82, 2.24) is 4.98 Å². The third kappa shape index (κ3) is 2.39. The summed E-state index contributed by atoms with van der Waals surface area (Å²) >= 11 is 18.4. The fourth-order valence-corrected chi connectivity index (χ4v) is 2.83. The minimum absolute atomic E-state index is 0.503. The van der Waals surface area contributed by atoms with Crippen molar-refractivity contribution >= 4 is 57.1 Å². The summed E-state index contributed by atoms with van der Waals surface area (Å²) in [6, 6.07) is 13.3. The van der Waals surface area contributed by atoms with Crippen LogP contribution in [0.15, 0.2) is 42.5 Å². The predicted molar refractivity (Wildman–Crippen MR) is 83.1 cm³/mol. The summed E-state index contributed by atoms with van der Waals surface area (Å²) in [7, 11) is 0. The number of para-hydroxylation sites is 1. The summed E-state index contributed by atoms with van der Waals surface area (Å²) in [6.45, 7) is 0. The highest BCUT2D eigenvalue weighted by atomic mass is 35.5. The second kappa shape index (κ2) is 4.97. The van der Waals surface area contributed by atoms with Gasteiger partial charge in [0.25, 0.3) is 0 Å². The molecular weight excluding hydrogens is 303 g/mol. The maximum Gasteiger partial charge on any atom is 0.131 e. The highest BCUT2D eigenvalue weighted by molar-refractivity contribution is 6.42. The highest BCUT2D eigenvalue weighted by Gasteiger charge is 2.14. The SMILES string of the molecule is Clc1cc(Cl)c2c(Nc3ccccc3)c(Cl)[nH]c2c1. The smallest absolute Gasteiger partial charge is 0.131 e. The van der Waals surface area contributed by atoms with Crippen molar-refractivity contribution in [2.24, 2.45) is 0 Å². The number of nitrogens with one attached hydrogen (secondary N) is 2. The van der Waals surface area contributed by atoms with E-state index >= 15 is 0 Å². The molecule has 0 unspecified atom stereocenters. The molecule has 1 aromatic heterocycles. The quantitative estimate of drug-likeness (QED) is 0.608. The first-order valence-corrected chi connectivity index (χ1v) is 6.77. The van der Waals surface area contributed by atoms with Crippen molar-refractivity contribution in [2.75, 3.05) is 5.32 Å². The molecule has 0 saturated heterocycles. The molecule has 0 radical (unpaired) electrons. The number of fused-ring (bicyclic) bond motifs is 1. The average Bonchev–Trinajstić information content (AvgIpc) is 2.67. The zero-order valence-electron chi connectivity index (χ0n) is 9.68. The van der Waals surface area contributed by atoms with E-state index in [0.29, 0.717) is 15.2 Å². The average molecular weight is 312 g/mol. The fraction of sp³-hybridized carbons (Fsp3) is 0. The lowest BCUT2D eigenvalue weighted by Crippen LogP contribution is -1.89. The topological polar surface area (TPSA) is 27.8 Å². The zero-order valence-corrected chi connectivity index (χ0v) is 11.9. The Kier molecular flexibility index (Phi) is 3.31. The molecule has 5 heteroatoms. The molecule has 0 aliphatic heterocycles. The monoisotopic (exact) mass is 310 g/mol. The van der Waals surface area contributed by atoms with Gasteiger partial charge in [0.15, 0.2) is 0 Å². The summed E-state index contributed by atoms with van der Waals surface area (Å²) in [6.07, 6.45) is 0. The molecule has 2 aromatic carbocycles. The van der Waals surface area contributed by atoms with Crippen molar-refractivity contribution < 1.29 is 0 Å². The van der Waals surface area contributed by atoms with Crippen LogP contribution in [0.25, 0.3) is 10.9 Å². The number of halogens is 3. The first-order valence-electron chi connectivity index (χ1n) is 5.63. The van der Waals surface area contributed by atoms with E-state index in [1.54, 1.807) is 12.1 Å². The van der Waals surface area contributed by atoms with E-state index in [1.807, 2.05) is 30.3 Å². The van der Waals surface area contributed by atoms with Crippen LogP contribution in [0.1, 0.15) is 0 Å². The largest absolute Gasteiger partial charge is 0.352 e. The molecule has 0 bridgehead atoms. The molecule has 0 spiro atoms. The number of aromatic amines is 1. The molecule has 1 heterocycles. The van der Waals surface area contributed by atoms with Crippen molar-refractivity contribution in [3.05, 3.63) is 57.7 Å². The van der Waals surface area contributed by atoms with E-state index in [2.05, 4.69) is 10.3 Å². The van der Waals surface area contributed by atoms with E-state index in [4.69, 9.17) is 34.8 Å². The van der Waals surface area contributed by atoms with Crippen molar-refractivity contribution in [3.8, 4) is 0 Å². The van der Waals surface area contributed by atoms with Gasteiger partial charge in [-0.3, -0.25) is 0 Å². The van der Waals surface area contributed by atoms with Gasteiger partial charge in [0, 0.05) is 16.1 Å². The fourth-order valence-electron chi connectivity index (χ4n) is 2.00. The molecule has 3 aromatic rings. The lowest BCUT2D eigenvalue weighted by atomic mass is 10.2. The van der Waals surface area contributed by atoms with E-state index in [1.165, 1.54) is 0 Å². The Morgan fingerprint density at radius 2 is 1.68 bits per heavy atom. The van der Waals surface area contributed by atoms with Gasteiger partial charge >= 0.3 is 0 Å². The van der Waals surface area contributed by atoms with Gasteiger partial charge in [-0.15, -0.1) is 0 Å². The van der Waals surface area contributed by atoms with E-state index in [9.17, 15) is 0 Å². The van der Waals surface area contributed by atoms with Gasteiger partial charge in [-0.05, 0) is 24.3 Å². The molecule has 0 amide bonds. The molecule has 3 rings (SSSR count). The normalized spacial score (nSPS) is 10.9. The molecule has 0 atom stereocenters. The van der Waals surface area contributed by atoms with Crippen LogP contribution in [-0.2, 0) is 0 Å². The van der Waals surface area contributed by atoms with Gasteiger partial charge in [0.1, 0.15) is 5.15 Å². The van der Waals surface area contributed by atoms with Gasteiger partial charge in [-0.2, -0.15) is 0 Å². The Morgan fingerprint density at radius 3 is 2.42 bits per heavy atom. The number of benzene rings is 2.